The molecule has 0 bridgehead atoms. The number of nitrogens with zero attached hydrogens (tertiary/aromatic N) is 1. The van der Waals surface area contributed by atoms with Gasteiger partial charge >= 0.3 is 7.12 Å². The average Bonchev–Trinajstić information content (AvgIpc) is 2.78. The highest BCUT2D eigenvalue weighted by atomic mass is 19.1. The minimum absolute atomic E-state index is 0.125. The quantitative estimate of drug-likeness (QED) is 0.736. The molecular formula is C10H9BFNO4. The van der Waals surface area contributed by atoms with E-state index in [1.165, 1.54) is 24.7 Å². The van der Waals surface area contributed by atoms with Crippen molar-refractivity contribution < 1.29 is 23.6 Å². The molecular weight excluding hydrogens is 228 g/mol. The highest BCUT2D eigenvalue weighted by Crippen LogP contribution is 2.13. The Balaban J connectivity index is 2.05. The van der Waals surface area contributed by atoms with Crippen LogP contribution in [0.1, 0.15) is 5.76 Å². The van der Waals surface area contributed by atoms with Gasteiger partial charge in [-0.25, -0.2) is 9.37 Å². The topological polar surface area (TPSA) is 75.7 Å². The third kappa shape index (κ3) is 2.83. The fourth-order valence-corrected chi connectivity index (χ4v) is 1.27. The number of oxazole rings is 1. The molecule has 0 fully saturated rings. The molecule has 1 aromatic carbocycles. The number of rotatable bonds is 4. The molecule has 0 aliphatic heterocycles. The van der Waals surface area contributed by atoms with E-state index in [0.717, 1.165) is 6.07 Å². The van der Waals surface area contributed by atoms with Gasteiger partial charge in [0.25, 0.3) is 0 Å². The van der Waals surface area contributed by atoms with Crippen LogP contribution in [0.5, 0.6) is 5.75 Å². The predicted octanol–water partition coefficient (Wildman–Crippen LogP) is 0.0725. The van der Waals surface area contributed by atoms with Crippen molar-refractivity contribution in [2.75, 3.05) is 0 Å². The maximum Gasteiger partial charge on any atom is 0.491 e. The molecule has 5 nitrogen and oxygen atoms in total. The van der Waals surface area contributed by atoms with Crippen LogP contribution in [0.15, 0.2) is 35.2 Å². The molecule has 0 aliphatic rings. The van der Waals surface area contributed by atoms with Crippen molar-refractivity contribution in [2.24, 2.45) is 0 Å². The van der Waals surface area contributed by atoms with Gasteiger partial charge in [-0.1, -0.05) is 6.07 Å². The minimum atomic E-state index is -1.83. The van der Waals surface area contributed by atoms with Gasteiger partial charge in [0.1, 0.15) is 18.2 Å². The molecule has 0 spiro atoms. The number of aromatic nitrogens is 1. The first-order chi connectivity index (χ1) is 8.16. The van der Waals surface area contributed by atoms with Crippen LogP contribution in [0.25, 0.3) is 0 Å². The van der Waals surface area contributed by atoms with E-state index in [-0.39, 0.29) is 17.8 Å². The Morgan fingerprint density at radius 1 is 1.41 bits per heavy atom. The second-order valence-electron chi connectivity index (χ2n) is 3.31. The van der Waals surface area contributed by atoms with Crippen molar-refractivity contribution in [3.63, 3.8) is 0 Å². The lowest BCUT2D eigenvalue weighted by Crippen LogP contribution is -2.32. The van der Waals surface area contributed by atoms with Gasteiger partial charge in [0.05, 0.1) is 6.20 Å². The predicted molar refractivity (Wildman–Crippen MR) is 57.1 cm³/mol. The Kier molecular flexibility index (Phi) is 3.41. The molecule has 0 unspecified atom stereocenters. The highest BCUT2D eigenvalue weighted by molar-refractivity contribution is 6.58. The average molecular weight is 237 g/mol. The second kappa shape index (κ2) is 4.98. The Bertz CT molecular complexity index is 489. The van der Waals surface area contributed by atoms with Gasteiger partial charge in [-0.15, -0.1) is 0 Å². The number of benzene rings is 1. The zero-order valence-electron chi connectivity index (χ0n) is 8.71. The summed E-state index contributed by atoms with van der Waals surface area (Å²) in [5, 5.41) is 17.7. The van der Waals surface area contributed by atoms with Gasteiger partial charge in [0.15, 0.2) is 12.2 Å². The van der Waals surface area contributed by atoms with Crippen LogP contribution < -0.4 is 10.2 Å². The molecule has 0 saturated heterocycles. The number of ether oxygens (including phenoxy) is 1. The van der Waals surface area contributed by atoms with E-state index in [4.69, 9.17) is 19.2 Å². The lowest BCUT2D eigenvalue weighted by atomic mass is 9.80. The van der Waals surface area contributed by atoms with Crippen molar-refractivity contribution in [3.8, 4) is 5.75 Å². The second-order valence-corrected chi connectivity index (χ2v) is 3.31. The highest BCUT2D eigenvalue weighted by Gasteiger charge is 2.16. The fourth-order valence-electron chi connectivity index (χ4n) is 1.27. The third-order valence-corrected chi connectivity index (χ3v) is 2.11. The minimum Gasteiger partial charge on any atom is -0.485 e. The SMILES string of the molecule is OB(O)c1ccc(OCc2cnco2)cc1F. The van der Waals surface area contributed by atoms with Crippen LogP contribution in [0.2, 0.25) is 0 Å². The maximum atomic E-state index is 13.3. The largest absolute Gasteiger partial charge is 0.491 e. The van der Waals surface area contributed by atoms with Gasteiger partial charge in [-0.2, -0.15) is 0 Å². The smallest absolute Gasteiger partial charge is 0.485 e. The van der Waals surface area contributed by atoms with Gasteiger partial charge in [0, 0.05) is 11.5 Å². The summed E-state index contributed by atoms with van der Waals surface area (Å²) in [5.41, 5.74) is -0.197. The Labute approximate surface area is 96.6 Å². The standard InChI is InChI=1S/C10H9BFNO4/c12-10-3-7(1-2-9(10)11(14)15)16-5-8-4-13-6-17-8/h1-4,6,14-15H,5H2. The molecule has 0 saturated carbocycles. The van der Waals surface area contributed by atoms with Crippen molar-refractivity contribution in [1.82, 2.24) is 4.98 Å². The molecule has 0 radical (unpaired) electrons. The molecule has 2 N–H and O–H groups in total. The summed E-state index contributed by atoms with van der Waals surface area (Å²) in [7, 11) is -1.83. The van der Waals surface area contributed by atoms with Gasteiger partial charge in [-0.05, 0) is 6.07 Å². The van der Waals surface area contributed by atoms with Crippen LogP contribution in [-0.4, -0.2) is 22.2 Å². The molecule has 0 aliphatic carbocycles. The van der Waals surface area contributed by atoms with Crippen LogP contribution in [0, 0.1) is 5.82 Å². The summed E-state index contributed by atoms with van der Waals surface area (Å²) in [4.78, 5) is 3.70. The van der Waals surface area contributed by atoms with E-state index in [9.17, 15) is 4.39 Å². The first kappa shape index (κ1) is 11.6. The van der Waals surface area contributed by atoms with Gasteiger partial charge < -0.3 is 19.2 Å². The van der Waals surface area contributed by atoms with Crippen molar-refractivity contribution in [2.45, 2.75) is 6.61 Å². The normalized spacial score (nSPS) is 10.3. The van der Waals surface area contributed by atoms with Crippen molar-refractivity contribution >= 4 is 12.6 Å². The van der Waals surface area contributed by atoms with E-state index in [1.807, 2.05) is 0 Å². The van der Waals surface area contributed by atoms with Crippen LogP contribution in [-0.2, 0) is 6.61 Å². The van der Waals surface area contributed by atoms with E-state index in [2.05, 4.69) is 4.98 Å². The summed E-state index contributed by atoms with van der Waals surface area (Å²) in [5.74, 6) is 0.0371. The molecule has 1 heterocycles. The summed E-state index contributed by atoms with van der Waals surface area (Å²) < 4.78 is 23.5. The first-order valence-corrected chi connectivity index (χ1v) is 4.82. The molecule has 0 atom stereocenters. The Morgan fingerprint density at radius 2 is 2.24 bits per heavy atom. The van der Waals surface area contributed by atoms with E-state index in [0.29, 0.717) is 5.76 Å². The lowest BCUT2D eigenvalue weighted by Gasteiger charge is -2.06. The monoisotopic (exact) mass is 237 g/mol. The molecule has 1 aromatic heterocycles. The van der Waals surface area contributed by atoms with Crippen LogP contribution in [0.4, 0.5) is 4.39 Å². The zero-order chi connectivity index (χ0) is 12.3. The number of halogens is 1. The zero-order valence-corrected chi connectivity index (χ0v) is 8.71. The first-order valence-electron chi connectivity index (χ1n) is 4.82. The lowest BCUT2D eigenvalue weighted by molar-refractivity contribution is 0.269. The molecule has 0 amide bonds. The maximum absolute atomic E-state index is 13.3. The molecule has 2 aromatic rings. The molecule has 2 rings (SSSR count). The summed E-state index contributed by atoms with van der Waals surface area (Å²) in [6.07, 6.45) is 2.76. The van der Waals surface area contributed by atoms with Crippen molar-refractivity contribution in [1.29, 1.82) is 0 Å². The van der Waals surface area contributed by atoms with Gasteiger partial charge in [0.2, 0.25) is 0 Å². The molecule has 17 heavy (non-hydrogen) atoms. The Morgan fingerprint density at radius 3 is 2.82 bits per heavy atom. The third-order valence-electron chi connectivity index (χ3n) is 2.11. The molecule has 7 heteroatoms. The summed E-state index contributed by atoms with van der Waals surface area (Å²) >= 11 is 0. The van der Waals surface area contributed by atoms with E-state index in [1.54, 1.807) is 0 Å². The van der Waals surface area contributed by atoms with Crippen molar-refractivity contribution in [3.05, 3.63) is 42.4 Å². The number of hydrogen-bond acceptors (Lipinski definition) is 5. The summed E-state index contributed by atoms with van der Waals surface area (Å²) in [6.45, 7) is 0.125. The van der Waals surface area contributed by atoms with Gasteiger partial charge in [-0.3, -0.25) is 0 Å². The Hall–Kier alpha value is -1.86. The molecule has 88 valence electrons. The fraction of sp³-hybridized carbons (Fsp3) is 0.100. The van der Waals surface area contributed by atoms with E-state index < -0.39 is 12.9 Å². The van der Waals surface area contributed by atoms with Crippen LogP contribution in [0.3, 0.4) is 0 Å². The van der Waals surface area contributed by atoms with E-state index >= 15 is 0 Å². The van der Waals surface area contributed by atoms with Crippen LogP contribution >= 0.6 is 0 Å². The summed E-state index contributed by atoms with van der Waals surface area (Å²) in [6, 6.07) is 3.76. The number of hydrogen-bond donors (Lipinski definition) is 2.